The molecule has 4 rings (SSSR count). The lowest BCUT2D eigenvalue weighted by Crippen LogP contribution is -2.28. The second kappa shape index (κ2) is 8.65. The Hall–Kier alpha value is -2.22. The van der Waals surface area contributed by atoms with Crippen molar-refractivity contribution in [1.82, 2.24) is 0 Å². The average Bonchev–Trinajstić information content (AvgIpc) is 2.67. The highest BCUT2D eigenvalue weighted by Gasteiger charge is 2.48. The maximum absolute atomic E-state index is 12.1. The Morgan fingerprint density at radius 1 is 0.759 bits per heavy atom. The molecule has 2 aromatic rings. The molecule has 158 valence electrons. The maximum atomic E-state index is 12.1. The molecule has 0 unspecified atom stereocenters. The Balaban J connectivity index is 0.000000186. The number of phenols is 1. The number of hydrogen-bond donors (Lipinski definition) is 1. The van der Waals surface area contributed by atoms with Gasteiger partial charge in [0.1, 0.15) is 11.5 Å². The molecule has 0 saturated carbocycles. The molecule has 0 radical (unpaired) electrons. The molecule has 1 N–H and O–H groups in total. The molecular formula is C21H23F3O4S. The maximum Gasteiger partial charge on any atom is 0.534 e. The van der Waals surface area contributed by atoms with Gasteiger partial charge in [-0.3, -0.25) is 0 Å². The van der Waals surface area contributed by atoms with E-state index in [1.165, 1.54) is 42.5 Å². The lowest BCUT2D eigenvalue weighted by Gasteiger charge is -2.16. The first kappa shape index (κ1) is 21.5. The van der Waals surface area contributed by atoms with Crippen molar-refractivity contribution in [3.63, 3.8) is 0 Å². The summed E-state index contributed by atoms with van der Waals surface area (Å²) in [5, 5.41) is 9.19. The van der Waals surface area contributed by atoms with E-state index in [9.17, 15) is 26.7 Å². The summed E-state index contributed by atoms with van der Waals surface area (Å²) in [6.07, 6.45) is 8.49. The summed E-state index contributed by atoms with van der Waals surface area (Å²) in [4.78, 5) is 0. The smallest absolute Gasteiger partial charge is 0.508 e. The monoisotopic (exact) mass is 428 g/mol. The van der Waals surface area contributed by atoms with Gasteiger partial charge >= 0.3 is 15.6 Å². The minimum atomic E-state index is -5.58. The molecule has 0 aromatic heterocycles. The molecule has 0 spiro atoms. The molecule has 2 aromatic carbocycles. The van der Waals surface area contributed by atoms with Crippen molar-refractivity contribution in [1.29, 1.82) is 0 Å². The van der Waals surface area contributed by atoms with Crippen LogP contribution < -0.4 is 4.18 Å². The number of fused-ring (bicyclic) bond motifs is 2. The minimum Gasteiger partial charge on any atom is -0.508 e. The van der Waals surface area contributed by atoms with Crippen LogP contribution in [0.1, 0.15) is 47.9 Å². The van der Waals surface area contributed by atoms with Gasteiger partial charge in [0.15, 0.2) is 0 Å². The Morgan fingerprint density at radius 3 is 1.79 bits per heavy atom. The van der Waals surface area contributed by atoms with E-state index in [0.29, 0.717) is 5.75 Å². The van der Waals surface area contributed by atoms with Crippen LogP contribution in [-0.4, -0.2) is 19.0 Å². The van der Waals surface area contributed by atoms with E-state index in [1.54, 1.807) is 12.1 Å². The van der Waals surface area contributed by atoms with Crippen LogP contribution >= 0.6 is 0 Å². The quantitative estimate of drug-likeness (QED) is 0.536. The summed E-state index contributed by atoms with van der Waals surface area (Å²) in [6, 6.07) is 9.98. The van der Waals surface area contributed by atoms with Crippen molar-refractivity contribution in [2.45, 2.75) is 56.9 Å². The molecule has 2 aliphatic rings. The van der Waals surface area contributed by atoms with E-state index in [0.717, 1.165) is 43.2 Å². The van der Waals surface area contributed by atoms with E-state index in [-0.39, 0.29) is 5.75 Å². The van der Waals surface area contributed by atoms with Crippen LogP contribution in [0.15, 0.2) is 36.4 Å². The zero-order valence-electron chi connectivity index (χ0n) is 15.8. The molecule has 0 atom stereocenters. The minimum absolute atomic E-state index is 0.284. The van der Waals surface area contributed by atoms with Crippen molar-refractivity contribution in [2.75, 3.05) is 0 Å². The molecule has 0 aliphatic heterocycles. The molecular weight excluding hydrogens is 405 g/mol. The van der Waals surface area contributed by atoms with Crippen LogP contribution in [0.2, 0.25) is 0 Å². The second-order valence-corrected chi connectivity index (χ2v) is 8.82. The Labute approximate surface area is 168 Å². The molecule has 0 amide bonds. The van der Waals surface area contributed by atoms with Gasteiger partial charge in [-0.2, -0.15) is 21.6 Å². The van der Waals surface area contributed by atoms with Gasteiger partial charge in [-0.15, -0.1) is 0 Å². The third-order valence-corrected chi connectivity index (χ3v) is 6.12. The summed E-state index contributed by atoms with van der Waals surface area (Å²) >= 11 is 0. The van der Waals surface area contributed by atoms with Crippen LogP contribution in [0.25, 0.3) is 0 Å². The molecule has 0 fully saturated rings. The summed E-state index contributed by atoms with van der Waals surface area (Å²) in [5.41, 5.74) is -0.734. The number of hydrogen-bond acceptors (Lipinski definition) is 4. The first-order chi connectivity index (χ1) is 13.7. The van der Waals surface area contributed by atoms with Gasteiger partial charge < -0.3 is 9.29 Å². The van der Waals surface area contributed by atoms with E-state index < -0.39 is 15.6 Å². The number of benzene rings is 2. The van der Waals surface area contributed by atoms with E-state index in [2.05, 4.69) is 4.18 Å². The highest BCUT2D eigenvalue weighted by Crippen LogP contribution is 2.30. The average molecular weight is 428 g/mol. The van der Waals surface area contributed by atoms with Gasteiger partial charge in [-0.1, -0.05) is 12.1 Å². The molecule has 4 nitrogen and oxygen atoms in total. The fourth-order valence-corrected chi connectivity index (χ4v) is 4.11. The summed E-state index contributed by atoms with van der Waals surface area (Å²) in [5.74, 6) is 0.124. The van der Waals surface area contributed by atoms with E-state index in [1.807, 2.05) is 12.1 Å². The number of alkyl halides is 3. The normalized spacial score (nSPS) is 16.1. The lowest BCUT2D eigenvalue weighted by atomic mass is 9.92. The number of halogens is 3. The van der Waals surface area contributed by atoms with Crippen LogP contribution in [0, 0.1) is 0 Å². The van der Waals surface area contributed by atoms with Crippen LogP contribution in [0.4, 0.5) is 13.2 Å². The standard InChI is InChI=1S/C11H11F3O3S.C10H12O/c12-11(13,14)18(15,16)17-10-6-5-8-3-1-2-4-9(8)7-10;11-10-6-5-8-3-1-2-4-9(8)7-10/h5-7H,1-4H2;5-7,11H,1-4H2. The van der Waals surface area contributed by atoms with Crippen molar-refractivity contribution < 1.29 is 30.9 Å². The van der Waals surface area contributed by atoms with E-state index >= 15 is 0 Å². The van der Waals surface area contributed by atoms with Crippen molar-refractivity contribution >= 4 is 10.1 Å². The second-order valence-electron chi connectivity index (χ2n) is 7.28. The third-order valence-electron chi connectivity index (χ3n) is 5.14. The van der Waals surface area contributed by atoms with Gasteiger partial charge in [0, 0.05) is 0 Å². The van der Waals surface area contributed by atoms with Crippen LogP contribution in [-0.2, 0) is 35.8 Å². The van der Waals surface area contributed by atoms with Gasteiger partial charge in [-0.25, -0.2) is 0 Å². The SMILES string of the molecule is O=S(=O)(Oc1ccc2c(c1)CCCC2)C(F)(F)F.Oc1ccc2c(c1)CCCC2. The fraction of sp³-hybridized carbons (Fsp3) is 0.429. The summed E-state index contributed by atoms with van der Waals surface area (Å²) in [6.45, 7) is 0. The van der Waals surface area contributed by atoms with Gasteiger partial charge in [-0.05, 0) is 97.9 Å². The fourth-order valence-electron chi connectivity index (χ4n) is 3.66. The van der Waals surface area contributed by atoms with Crippen LogP contribution in [0.3, 0.4) is 0 Å². The number of rotatable bonds is 2. The van der Waals surface area contributed by atoms with Crippen molar-refractivity contribution in [3.05, 3.63) is 58.7 Å². The topological polar surface area (TPSA) is 63.6 Å². The zero-order valence-corrected chi connectivity index (χ0v) is 16.7. The molecule has 2 aliphatic carbocycles. The predicted octanol–water partition coefficient (Wildman–Crippen LogP) is 5.06. The predicted molar refractivity (Wildman–Crippen MR) is 103 cm³/mol. The first-order valence-electron chi connectivity index (χ1n) is 9.59. The van der Waals surface area contributed by atoms with Crippen molar-refractivity contribution in [3.8, 4) is 11.5 Å². The summed E-state index contributed by atoms with van der Waals surface area (Å²) in [7, 11) is -5.58. The largest absolute Gasteiger partial charge is 0.534 e. The van der Waals surface area contributed by atoms with E-state index in [4.69, 9.17) is 0 Å². The van der Waals surface area contributed by atoms with Gasteiger partial charge in [0.05, 0.1) is 0 Å². The Bertz CT molecular complexity index is 968. The molecule has 0 heterocycles. The molecule has 29 heavy (non-hydrogen) atoms. The van der Waals surface area contributed by atoms with Crippen LogP contribution in [0.5, 0.6) is 11.5 Å². The number of phenolic OH excluding ortho intramolecular Hbond substituents is 1. The number of aromatic hydroxyl groups is 1. The Morgan fingerprint density at radius 2 is 1.24 bits per heavy atom. The van der Waals surface area contributed by atoms with Gasteiger partial charge in [0.25, 0.3) is 0 Å². The van der Waals surface area contributed by atoms with Gasteiger partial charge in [0.2, 0.25) is 0 Å². The highest BCUT2D eigenvalue weighted by atomic mass is 32.2. The first-order valence-corrected chi connectivity index (χ1v) is 11.0. The summed E-state index contributed by atoms with van der Waals surface area (Å²) < 4.78 is 62.2. The lowest BCUT2D eigenvalue weighted by molar-refractivity contribution is -0.0500. The zero-order chi connectivity index (χ0) is 21.1. The highest BCUT2D eigenvalue weighted by molar-refractivity contribution is 7.88. The molecule has 0 bridgehead atoms. The molecule has 8 heteroatoms. The number of aryl methyl sites for hydroxylation is 4. The molecule has 0 saturated heterocycles. The third kappa shape index (κ3) is 5.44. The van der Waals surface area contributed by atoms with Crippen molar-refractivity contribution in [2.24, 2.45) is 0 Å². The Kier molecular flexibility index (Phi) is 6.41.